The number of rotatable bonds is 7. The number of pyridine rings is 1. The second-order valence-corrected chi connectivity index (χ2v) is 8.43. The topological polar surface area (TPSA) is 91.8 Å². The summed E-state index contributed by atoms with van der Waals surface area (Å²) in [7, 11) is -1.92. The van der Waals surface area contributed by atoms with Gasteiger partial charge >= 0.3 is 0 Å². The SMILES string of the molecule is COc1ccc(CNC(=O)CN2CCN(S(=O)(=O)c3cccnc3)CC2)cc1. The summed E-state index contributed by atoms with van der Waals surface area (Å²) in [6.07, 6.45) is 2.90. The zero-order chi connectivity index (χ0) is 20.0. The molecule has 1 saturated heterocycles. The minimum Gasteiger partial charge on any atom is -0.497 e. The van der Waals surface area contributed by atoms with Gasteiger partial charge in [0.1, 0.15) is 10.6 Å². The van der Waals surface area contributed by atoms with E-state index in [0.29, 0.717) is 32.7 Å². The number of piperazine rings is 1. The number of nitrogens with one attached hydrogen (secondary N) is 1. The Labute approximate surface area is 165 Å². The Bertz CT molecular complexity index is 880. The summed E-state index contributed by atoms with van der Waals surface area (Å²) in [6.45, 7) is 2.41. The summed E-state index contributed by atoms with van der Waals surface area (Å²) < 4.78 is 31.8. The maximum atomic E-state index is 12.6. The molecule has 2 aromatic rings. The monoisotopic (exact) mass is 404 g/mol. The minimum atomic E-state index is -3.53. The van der Waals surface area contributed by atoms with Crippen LogP contribution in [0, 0.1) is 0 Å². The van der Waals surface area contributed by atoms with E-state index in [2.05, 4.69) is 10.3 Å². The molecule has 0 spiro atoms. The lowest BCUT2D eigenvalue weighted by Crippen LogP contribution is -2.50. The lowest BCUT2D eigenvalue weighted by Gasteiger charge is -2.33. The fourth-order valence-corrected chi connectivity index (χ4v) is 4.37. The second kappa shape index (κ2) is 9.13. The molecular formula is C19H24N4O4S. The van der Waals surface area contributed by atoms with Crippen LogP contribution in [-0.2, 0) is 21.4 Å². The van der Waals surface area contributed by atoms with Gasteiger partial charge in [0.25, 0.3) is 0 Å². The van der Waals surface area contributed by atoms with Crippen molar-refractivity contribution in [2.75, 3.05) is 39.8 Å². The van der Waals surface area contributed by atoms with Crippen LogP contribution in [0.1, 0.15) is 5.56 Å². The molecule has 0 radical (unpaired) electrons. The summed E-state index contributed by atoms with van der Waals surface area (Å²) in [5, 5.41) is 2.89. The third-order valence-electron chi connectivity index (χ3n) is 4.62. The van der Waals surface area contributed by atoms with Crippen molar-refractivity contribution in [2.45, 2.75) is 11.4 Å². The van der Waals surface area contributed by atoms with Crippen LogP contribution in [-0.4, -0.2) is 68.3 Å². The van der Waals surface area contributed by atoms with Gasteiger partial charge in [-0.15, -0.1) is 0 Å². The smallest absolute Gasteiger partial charge is 0.244 e. The molecule has 1 aromatic heterocycles. The summed E-state index contributed by atoms with van der Waals surface area (Å²) in [6, 6.07) is 10.7. The average molecular weight is 404 g/mol. The third kappa shape index (κ3) is 5.06. The van der Waals surface area contributed by atoms with Crippen molar-refractivity contribution < 1.29 is 17.9 Å². The minimum absolute atomic E-state index is 0.0839. The molecule has 0 aliphatic carbocycles. The molecule has 2 heterocycles. The zero-order valence-electron chi connectivity index (χ0n) is 15.7. The van der Waals surface area contributed by atoms with Crippen LogP contribution in [0.5, 0.6) is 5.75 Å². The summed E-state index contributed by atoms with van der Waals surface area (Å²) >= 11 is 0. The largest absolute Gasteiger partial charge is 0.497 e. The molecule has 28 heavy (non-hydrogen) atoms. The van der Waals surface area contributed by atoms with Gasteiger partial charge < -0.3 is 10.1 Å². The molecule has 8 nitrogen and oxygen atoms in total. The van der Waals surface area contributed by atoms with Crippen molar-refractivity contribution in [1.29, 1.82) is 0 Å². The van der Waals surface area contributed by atoms with Gasteiger partial charge in [-0.1, -0.05) is 12.1 Å². The van der Waals surface area contributed by atoms with E-state index in [4.69, 9.17) is 4.74 Å². The molecular weight excluding hydrogens is 380 g/mol. The van der Waals surface area contributed by atoms with Crippen molar-refractivity contribution in [3.8, 4) is 5.75 Å². The van der Waals surface area contributed by atoms with Crippen molar-refractivity contribution >= 4 is 15.9 Å². The summed E-state index contributed by atoms with van der Waals surface area (Å²) in [5.74, 6) is 0.688. The Morgan fingerprint density at radius 3 is 2.46 bits per heavy atom. The molecule has 0 unspecified atom stereocenters. The van der Waals surface area contributed by atoms with Gasteiger partial charge in [0, 0.05) is 45.1 Å². The highest BCUT2D eigenvalue weighted by molar-refractivity contribution is 7.89. The molecule has 1 aliphatic rings. The van der Waals surface area contributed by atoms with Crippen LogP contribution in [0.25, 0.3) is 0 Å². The fraction of sp³-hybridized carbons (Fsp3) is 0.368. The molecule has 0 bridgehead atoms. The van der Waals surface area contributed by atoms with Crippen molar-refractivity contribution in [3.63, 3.8) is 0 Å². The van der Waals surface area contributed by atoms with E-state index >= 15 is 0 Å². The Morgan fingerprint density at radius 2 is 1.86 bits per heavy atom. The van der Waals surface area contributed by atoms with Crippen LogP contribution in [0.4, 0.5) is 0 Å². The van der Waals surface area contributed by atoms with E-state index in [-0.39, 0.29) is 17.3 Å². The van der Waals surface area contributed by atoms with Gasteiger partial charge in [-0.3, -0.25) is 14.7 Å². The van der Waals surface area contributed by atoms with Crippen LogP contribution in [0.3, 0.4) is 0 Å². The zero-order valence-corrected chi connectivity index (χ0v) is 16.6. The normalized spacial score (nSPS) is 15.9. The molecule has 1 aromatic carbocycles. The van der Waals surface area contributed by atoms with Gasteiger partial charge in [0.15, 0.2) is 0 Å². The highest BCUT2D eigenvalue weighted by Crippen LogP contribution is 2.16. The van der Waals surface area contributed by atoms with E-state index in [1.165, 1.54) is 10.5 Å². The number of aromatic nitrogens is 1. The Hall–Kier alpha value is -2.49. The molecule has 1 aliphatic heterocycles. The number of sulfonamides is 1. The van der Waals surface area contributed by atoms with Crippen molar-refractivity contribution in [2.24, 2.45) is 0 Å². The fourth-order valence-electron chi connectivity index (χ4n) is 2.98. The van der Waals surface area contributed by atoms with Gasteiger partial charge in [-0.05, 0) is 29.8 Å². The maximum absolute atomic E-state index is 12.6. The van der Waals surface area contributed by atoms with Crippen LogP contribution in [0.2, 0.25) is 0 Å². The second-order valence-electron chi connectivity index (χ2n) is 6.49. The Kier molecular flexibility index (Phi) is 6.61. The number of amides is 1. The van der Waals surface area contributed by atoms with Gasteiger partial charge in [0.05, 0.1) is 13.7 Å². The van der Waals surface area contributed by atoms with Crippen LogP contribution in [0.15, 0.2) is 53.7 Å². The number of hydrogen-bond acceptors (Lipinski definition) is 6. The third-order valence-corrected chi connectivity index (χ3v) is 6.50. The number of benzene rings is 1. The van der Waals surface area contributed by atoms with Gasteiger partial charge in [-0.2, -0.15) is 4.31 Å². The number of methoxy groups -OCH3 is 1. The van der Waals surface area contributed by atoms with Crippen LogP contribution >= 0.6 is 0 Å². The first-order valence-corrected chi connectivity index (χ1v) is 10.5. The quantitative estimate of drug-likeness (QED) is 0.731. The number of carbonyl (C=O) groups is 1. The van der Waals surface area contributed by atoms with E-state index in [0.717, 1.165) is 11.3 Å². The standard InChI is InChI=1S/C19H24N4O4S/c1-27-17-6-4-16(5-7-17)13-21-19(24)15-22-9-11-23(12-10-22)28(25,26)18-3-2-8-20-14-18/h2-8,14H,9-13,15H2,1H3,(H,21,24). The van der Waals surface area contributed by atoms with E-state index < -0.39 is 10.0 Å². The molecule has 150 valence electrons. The van der Waals surface area contributed by atoms with Gasteiger partial charge in [-0.25, -0.2) is 8.42 Å². The first-order valence-electron chi connectivity index (χ1n) is 9.01. The molecule has 1 fully saturated rings. The lowest BCUT2D eigenvalue weighted by molar-refractivity contribution is -0.122. The highest BCUT2D eigenvalue weighted by atomic mass is 32.2. The molecule has 0 saturated carbocycles. The maximum Gasteiger partial charge on any atom is 0.244 e. The number of nitrogens with zero attached hydrogens (tertiary/aromatic N) is 3. The highest BCUT2D eigenvalue weighted by Gasteiger charge is 2.29. The molecule has 1 N–H and O–H groups in total. The Balaban J connectivity index is 1.45. The van der Waals surface area contributed by atoms with Gasteiger partial charge in [0.2, 0.25) is 15.9 Å². The number of hydrogen-bond donors (Lipinski definition) is 1. The predicted octanol–water partition coefficient (Wildman–Crippen LogP) is 0.713. The first-order chi connectivity index (χ1) is 13.5. The first kappa shape index (κ1) is 20.2. The molecule has 9 heteroatoms. The number of carbonyl (C=O) groups excluding carboxylic acids is 1. The predicted molar refractivity (Wildman–Crippen MR) is 104 cm³/mol. The molecule has 1 amide bonds. The Morgan fingerprint density at radius 1 is 1.14 bits per heavy atom. The van der Waals surface area contributed by atoms with E-state index in [1.54, 1.807) is 25.4 Å². The molecule has 0 atom stereocenters. The molecule has 3 rings (SSSR count). The average Bonchev–Trinajstić information content (AvgIpc) is 2.73. The van der Waals surface area contributed by atoms with Crippen LogP contribution < -0.4 is 10.1 Å². The van der Waals surface area contributed by atoms with Crippen molar-refractivity contribution in [3.05, 3.63) is 54.4 Å². The van der Waals surface area contributed by atoms with Crippen molar-refractivity contribution in [1.82, 2.24) is 19.5 Å². The number of ether oxygens (including phenoxy) is 1. The van der Waals surface area contributed by atoms with E-state index in [9.17, 15) is 13.2 Å². The van der Waals surface area contributed by atoms with E-state index in [1.807, 2.05) is 29.2 Å². The lowest BCUT2D eigenvalue weighted by atomic mass is 10.2. The summed E-state index contributed by atoms with van der Waals surface area (Å²) in [5.41, 5.74) is 0.988. The summed E-state index contributed by atoms with van der Waals surface area (Å²) in [4.78, 5) is 18.2.